The molecule has 5 rings (SSSR count). The number of rotatable bonds is 5. The van der Waals surface area contributed by atoms with Crippen LogP contribution < -0.4 is 31.9 Å². The van der Waals surface area contributed by atoms with Crippen molar-refractivity contribution in [3.05, 3.63) is 0 Å². The van der Waals surface area contributed by atoms with Gasteiger partial charge in [0.05, 0.1) is 23.0 Å². The average molecular weight is 593 g/mol. The number of amides is 2. The van der Waals surface area contributed by atoms with E-state index in [1.165, 1.54) is 0 Å². The number of nitrogens with zero attached hydrogens (tertiary/aromatic N) is 1. The lowest BCUT2D eigenvalue weighted by atomic mass is 9.70. The Balaban J connectivity index is 1.16. The molecule has 5 fully saturated rings. The Morgan fingerprint density at radius 3 is 2.50 bits per heavy atom. The molecule has 13 unspecified atom stereocenters. The zero-order valence-electron chi connectivity index (χ0n) is 22.6. The first-order valence-corrected chi connectivity index (χ1v) is 15.8. The van der Waals surface area contributed by atoms with Gasteiger partial charge in [-0.25, -0.2) is 0 Å². The summed E-state index contributed by atoms with van der Waals surface area (Å²) in [6.45, 7) is 8.83. The normalized spacial score (nSPS) is 47.5. The minimum Gasteiger partial charge on any atom is -0.380 e. The molecule has 0 aromatic heterocycles. The molecule has 0 radical (unpaired) electrons. The van der Waals surface area contributed by atoms with Gasteiger partial charge in [0.25, 0.3) is 0 Å². The zero-order chi connectivity index (χ0) is 27.1. The van der Waals surface area contributed by atoms with Crippen molar-refractivity contribution in [2.75, 3.05) is 33.3 Å². The van der Waals surface area contributed by atoms with Crippen LogP contribution in [0.4, 0.5) is 0 Å². The number of piperazine rings is 1. The Morgan fingerprint density at radius 2 is 1.76 bits per heavy atom. The summed E-state index contributed by atoms with van der Waals surface area (Å²) in [6, 6.07) is 0.175. The summed E-state index contributed by atoms with van der Waals surface area (Å²) in [5, 5.41) is 20.6. The van der Waals surface area contributed by atoms with Crippen molar-refractivity contribution in [1.82, 2.24) is 36.8 Å². The highest BCUT2D eigenvalue weighted by Gasteiger charge is 2.48. The summed E-state index contributed by atoms with van der Waals surface area (Å²) in [4.78, 5) is 28.8. The Hall–Kier alpha value is -0.370. The van der Waals surface area contributed by atoms with Crippen LogP contribution in [0.3, 0.4) is 0 Å². The molecular formula is C25H43Cl2N7O3S. The van der Waals surface area contributed by atoms with Crippen LogP contribution in [0.5, 0.6) is 0 Å². The Morgan fingerprint density at radius 1 is 0.974 bits per heavy atom. The molecule has 13 atom stereocenters. The minimum absolute atomic E-state index is 0.0106. The van der Waals surface area contributed by atoms with Crippen LogP contribution in [0, 0.1) is 17.8 Å². The number of piperidine rings is 2. The second-order valence-electron chi connectivity index (χ2n) is 11.7. The van der Waals surface area contributed by atoms with Gasteiger partial charge in [-0.15, -0.1) is 35.0 Å². The molecule has 5 heterocycles. The lowest BCUT2D eigenvalue weighted by molar-refractivity contribution is -0.134. The number of likely N-dealkylation sites (tertiary alicyclic amines) is 1. The van der Waals surface area contributed by atoms with E-state index >= 15 is 0 Å². The van der Waals surface area contributed by atoms with Crippen LogP contribution >= 0.6 is 35.0 Å². The van der Waals surface area contributed by atoms with Gasteiger partial charge in [0.15, 0.2) is 0 Å². The van der Waals surface area contributed by atoms with Crippen molar-refractivity contribution in [2.24, 2.45) is 17.8 Å². The van der Waals surface area contributed by atoms with Crippen LogP contribution in [-0.2, 0) is 14.3 Å². The van der Waals surface area contributed by atoms with Crippen LogP contribution in [0.25, 0.3) is 0 Å². The molecule has 5 aliphatic rings. The van der Waals surface area contributed by atoms with Gasteiger partial charge in [0.2, 0.25) is 11.8 Å². The Bertz CT molecular complexity index is 863. The molecule has 13 heteroatoms. The fourth-order valence-electron chi connectivity index (χ4n) is 6.93. The van der Waals surface area contributed by atoms with E-state index in [0.29, 0.717) is 32.2 Å². The van der Waals surface area contributed by atoms with Gasteiger partial charge in [-0.1, -0.05) is 0 Å². The van der Waals surface area contributed by atoms with Crippen LogP contribution in [-0.4, -0.2) is 108 Å². The molecule has 5 aliphatic heterocycles. The van der Waals surface area contributed by atoms with Crippen LogP contribution in [0.15, 0.2) is 0 Å². The number of nitrogens with one attached hydrogen (secondary N) is 6. The van der Waals surface area contributed by atoms with Gasteiger partial charge in [0, 0.05) is 62.7 Å². The molecule has 0 aliphatic carbocycles. The first-order chi connectivity index (χ1) is 18.1. The number of fused-ring (bicyclic) bond motifs is 1. The maximum absolute atomic E-state index is 13.6. The van der Waals surface area contributed by atoms with Crippen molar-refractivity contribution in [1.29, 1.82) is 0 Å². The average Bonchev–Trinajstić information content (AvgIpc) is 3.44. The molecule has 0 aromatic carbocycles. The monoisotopic (exact) mass is 591 g/mol. The summed E-state index contributed by atoms with van der Waals surface area (Å²) in [5.41, 5.74) is -0.450. The van der Waals surface area contributed by atoms with Gasteiger partial charge in [-0.2, -0.15) is 0 Å². The van der Waals surface area contributed by atoms with Crippen LogP contribution in [0.2, 0.25) is 0 Å². The number of hydrogen-bond donors (Lipinski definition) is 6. The number of halogens is 2. The molecule has 216 valence electrons. The zero-order valence-corrected chi connectivity index (χ0v) is 24.9. The third kappa shape index (κ3) is 6.11. The van der Waals surface area contributed by atoms with E-state index in [0.717, 1.165) is 12.8 Å². The number of carbonyl (C=O) groups excluding carboxylic acids is 2. The number of ether oxygens (including phenoxy) is 1. The predicted molar refractivity (Wildman–Crippen MR) is 151 cm³/mol. The van der Waals surface area contributed by atoms with Gasteiger partial charge >= 0.3 is 0 Å². The van der Waals surface area contributed by atoms with E-state index in [1.807, 2.05) is 18.7 Å². The van der Waals surface area contributed by atoms with Gasteiger partial charge in [-0.05, 0) is 45.4 Å². The number of methoxy groups -OCH3 is 1. The SMILES string of the molecule is COC1CNC(Cl)CC1C1CC(C)NCC1C(=O)NC1NC2CN(C(=O)C3NC(C)C(Cl)NC3C)CC2S1. The predicted octanol–water partition coefficient (Wildman–Crippen LogP) is 0.00890. The van der Waals surface area contributed by atoms with Crippen molar-refractivity contribution in [3.8, 4) is 0 Å². The first kappa shape index (κ1) is 29.1. The molecule has 10 nitrogen and oxygen atoms in total. The van der Waals surface area contributed by atoms with Gasteiger partial charge in [0.1, 0.15) is 11.5 Å². The maximum Gasteiger partial charge on any atom is 0.241 e. The summed E-state index contributed by atoms with van der Waals surface area (Å²) in [6.07, 6.45) is 1.76. The van der Waals surface area contributed by atoms with E-state index in [-0.39, 0.29) is 81.6 Å². The highest BCUT2D eigenvalue weighted by atomic mass is 35.5. The standard InChI is InChI=1S/C25H43Cl2N7O3S/c1-11-5-14(15-6-20(26)29-8-18(15)37-4)16(7-28-11)23(35)33-25-32-17-9-34(10-19(17)38-25)24(36)21-12(2)31-22(27)13(3)30-21/h11-22,25,28-32H,5-10H2,1-4H3,(H,33,35). The van der Waals surface area contributed by atoms with Crippen molar-refractivity contribution in [2.45, 2.75) is 91.7 Å². The molecule has 2 amide bonds. The van der Waals surface area contributed by atoms with E-state index in [1.54, 1.807) is 18.9 Å². The summed E-state index contributed by atoms with van der Waals surface area (Å²) in [5.74, 6) is 0.468. The third-order valence-electron chi connectivity index (χ3n) is 9.11. The van der Waals surface area contributed by atoms with Crippen LogP contribution in [0.1, 0.15) is 33.6 Å². The number of thioether (sulfide) groups is 1. The summed E-state index contributed by atoms with van der Waals surface area (Å²) >= 11 is 14.5. The lowest BCUT2D eigenvalue weighted by Gasteiger charge is -2.45. The molecule has 0 spiro atoms. The second kappa shape index (κ2) is 12.2. The molecule has 0 saturated carbocycles. The number of hydrogen-bond acceptors (Lipinski definition) is 9. The Labute approximate surface area is 240 Å². The number of alkyl halides is 2. The Kier molecular flexibility index (Phi) is 9.39. The largest absolute Gasteiger partial charge is 0.380 e. The van der Waals surface area contributed by atoms with Crippen molar-refractivity contribution in [3.63, 3.8) is 0 Å². The second-order valence-corrected chi connectivity index (χ2v) is 14.1. The fourth-order valence-corrected chi connectivity index (χ4v) is 8.91. The molecule has 6 N–H and O–H groups in total. The van der Waals surface area contributed by atoms with Gasteiger partial charge in [-0.3, -0.25) is 30.9 Å². The van der Waals surface area contributed by atoms with Crippen molar-refractivity contribution < 1.29 is 14.3 Å². The molecule has 5 saturated heterocycles. The molecule has 0 bridgehead atoms. The van der Waals surface area contributed by atoms with Crippen molar-refractivity contribution >= 4 is 46.8 Å². The maximum atomic E-state index is 13.6. The quantitative estimate of drug-likeness (QED) is 0.194. The van der Waals surface area contributed by atoms with Gasteiger partial charge < -0.3 is 20.3 Å². The number of carbonyl (C=O) groups is 2. The summed E-state index contributed by atoms with van der Waals surface area (Å²) < 4.78 is 5.81. The topological polar surface area (TPSA) is 119 Å². The molecule has 0 aromatic rings. The van der Waals surface area contributed by atoms with E-state index < -0.39 is 0 Å². The smallest absolute Gasteiger partial charge is 0.241 e. The minimum atomic E-state index is -0.295. The molecule has 38 heavy (non-hydrogen) atoms. The highest BCUT2D eigenvalue weighted by Crippen LogP contribution is 2.38. The third-order valence-corrected chi connectivity index (χ3v) is 11.3. The highest BCUT2D eigenvalue weighted by molar-refractivity contribution is 8.00. The first-order valence-electron chi connectivity index (χ1n) is 13.9. The molecular weight excluding hydrogens is 549 g/mol. The van der Waals surface area contributed by atoms with E-state index in [9.17, 15) is 9.59 Å². The lowest BCUT2D eigenvalue weighted by Crippen LogP contribution is -2.66. The van der Waals surface area contributed by atoms with E-state index in [2.05, 4.69) is 38.8 Å². The fraction of sp³-hybridized carbons (Fsp3) is 0.920. The summed E-state index contributed by atoms with van der Waals surface area (Å²) in [7, 11) is 1.75. The van der Waals surface area contributed by atoms with E-state index in [4.69, 9.17) is 27.9 Å².